The van der Waals surface area contributed by atoms with Crippen molar-refractivity contribution in [1.82, 2.24) is 9.80 Å². The molecule has 0 aromatic heterocycles. The van der Waals surface area contributed by atoms with Gasteiger partial charge in [0.1, 0.15) is 30.7 Å². The Morgan fingerprint density at radius 3 is 2.14 bits per heavy atom. The van der Waals surface area contributed by atoms with Gasteiger partial charge in [-0.2, -0.15) is 0 Å². The first-order valence-corrected chi connectivity index (χ1v) is 21.0. The van der Waals surface area contributed by atoms with Crippen molar-refractivity contribution in [3.8, 4) is 0 Å². The molecule has 0 aliphatic carbocycles. The van der Waals surface area contributed by atoms with Crippen molar-refractivity contribution in [3.05, 3.63) is 0 Å². The summed E-state index contributed by atoms with van der Waals surface area (Å²) in [4.78, 5) is 31.2. The molecule has 18 atom stereocenters. The number of esters is 2. The Kier molecular flexibility index (Phi) is 18.4. The van der Waals surface area contributed by atoms with Crippen LogP contribution in [0.15, 0.2) is 0 Å². The number of nitrogens with zero attached hydrogens (tertiary/aromatic N) is 2. The van der Waals surface area contributed by atoms with Gasteiger partial charge in [-0.15, -0.1) is 0 Å². The second-order valence-electron chi connectivity index (χ2n) is 18.2. The van der Waals surface area contributed by atoms with E-state index in [1.807, 2.05) is 67.6 Å². The molecule has 3 fully saturated rings. The molecule has 0 spiro atoms. The monoisotopic (exact) mass is 835 g/mol. The molecule has 340 valence electrons. The van der Waals surface area contributed by atoms with E-state index in [1.54, 1.807) is 27.7 Å². The Labute approximate surface area is 347 Å². The van der Waals surface area contributed by atoms with Gasteiger partial charge in [-0.05, 0) is 94.8 Å². The summed E-state index contributed by atoms with van der Waals surface area (Å²) in [6, 6.07) is -0.608. The van der Waals surface area contributed by atoms with Crippen molar-refractivity contribution in [1.29, 1.82) is 0 Å². The molecule has 3 N–H and O–H groups in total. The molecule has 3 aliphatic heterocycles. The molecule has 3 rings (SSSR count). The van der Waals surface area contributed by atoms with Crippen LogP contribution in [0.25, 0.3) is 0 Å². The lowest BCUT2D eigenvalue weighted by molar-refractivity contribution is -0.318. The van der Waals surface area contributed by atoms with Crippen molar-refractivity contribution in [2.45, 2.75) is 192 Å². The van der Waals surface area contributed by atoms with Crippen molar-refractivity contribution in [3.63, 3.8) is 0 Å². The van der Waals surface area contributed by atoms with Gasteiger partial charge in [-0.1, -0.05) is 20.8 Å². The second kappa shape index (κ2) is 21.0. The third kappa shape index (κ3) is 11.7. The fourth-order valence-electron chi connectivity index (χ4n) is 9.64. The Hall–Kier alpha value is -1.54. The Bertz CT molecular complexity index is 1310. The number of carbonyl (C=O) groups excluding carboxylic acids is 2. The van der Waals surface area contributed by atoms with Gasteiger partial charge in [0.25, 0.3) is 0 Å². The number of methoxy groups -OCH3 is 2. The molecule has 0 aromatic carbocycles. The molecule has 0 bridgehead atoms. The number of hydrogen-bond acceptors (Lipinski definition) is 16. The Morgan fingerprint density at radius 1 is 0.966 bits per heavy atom. The number of likely N-dealkylation sites (N-methyl/N-ethyl adjacent to an activating group) is 2. The van der Waals surface area contributed by atoms with Crippen LogP contribution in [0.1, 0.15) is 102 Å². The van der Waals surface area contributed by atoms with E-state index in [4.69, 9.17) is 42.6 Å². The fraction of sp³-hybridized carbons (Fsp3) is 0.952. The van der Waals surface area contributed by atoms with Crippen LogP contribution in [-0.4, -0.2) is 176 Å². The molecular weight excluding hydrogens is 756 g/mol. The molecule has 1 unspecified atom stereocenters. The maximum Gasteiger partial charge on any atom is 0.311 e. The zero-order valence-electron chi connectivity index (χ0n) is 38.1. The molecule has 0 saturated carbocycles. The smallest absolute Gasteiger partial charge is 0.311 e. The summed E-state index contributed by atoms with van der Waals surface area (Å²) in [6.07, 6.45) is -7.18. The van der Waals surface area contributed by atoms with Crippen LogP contribution in [-0.2, 0) is 52.2 Å². The molecule has 3 aliphatic rings. The fourth-order valence-corrected chi connectivity index (χ4v) is 9.64. The van der Waals surface area contributed by atoms with E-state index in [9.17, 15) is 24.9 Å². The SMILES string of the molecule is CC[C@H]1OC(=O)[C@H](C)[C@@H](OC2C[C@@](C)(OC)[C@@H](O)[C@H](C)O2)[C@H](C)[C@@H](O[C@@H]2O[C@H](C)C[C@H](N(C)C)[C@H]2OC(C)=O)[C@](C)(O)C[C@@H](C)CN(C)[C@H](C)[C@H](OCO)[C@]1(C)OC. The van der Waals surface area contributed by atoms with E-state index in [0.717, 1.165) is 0 Å². The minimum atomic E-state index is -1.58. The van der Waals surface area contributed by atoms with Crippen molar-refractivity contribution in [2.24, 2.45) is 17.8 Å². The predicted molar refractivity (Wildman–Crippen MR) is 214 cm³/mol. The number of rotatable bonds is 11. The quantitative estimate of drug-likeness (QED) is 0.204. The summed E-state index contributed by atoms with van der Waals surface area (Å²) < 4.78 is 56.6. The molecular formula is C42H78N2O14. The van der Waals surface area contributed by atoms with Crippen LogP contribution in [0.3, 0.4) is 0 Å². The highest BCUT2D eigenvalue weighted by atomic mass is 16.7. The molecule has 0 amide bonds. The Balaban J connectivity index is 2.27. The van der Waals surface area contributed by atoms with Gasteiger partial charge < -0.3 is 67.8 Å². The molecule has 3 saturated heterocycles. The van der Waals surface area contributed by atoms with Gasteiger partial charge in [0.05, 0.1) is 47.6 Å². The zero-order chi connectivity index (χ0) is 44.1. The van der Waals surface area contributed by atoms with Crippen molar-refractivity contribution < 1.29 is 67.5 Å². The number of carbonyl (C=O) groups is 2. The zero-order valence-corrected chi connectivity index (χ0v) is 38.1. The first-order chi connectivity index (χ1) is 26.9. The van der Waals surface area contributed by atoms with Crippen molar-refractivity contribution in [2.75, 3.05) is 48.7 Å². The average Bonchev–Trinajstić information content (AvgIpc) is 3.14. The van der Waals surface area contributed by atoms with Gasteiger partial charge in [0.2, 0.25) is 0 Å². The van der Waals surface area contributed by atoms with Crippen LogP contribution in [0.5, 0.6) is 0 Å². The van der Waals surface area contributed by atoms with Crippen LogP contribution in [0, 0.1) is 17.8 Å². The maximum atomic E-state index is 14.6. The molecule has 16 nitrogen and oxygen atoms in total. The lowest BCUT2D eigenvalue weighted by Crippen LogP contribution is -2.61. The summed E-state index contributed by atoms with van der Waals surface area (Å²) in [5, 5.41) is 33.9. The standard InChI is InChI=1S/C42H78N2O14/c1-17-31-42(11,51-16)37(52-22-45)27(6)44(14)21-23(2)19-40(9,49)36(58-39-34(55-29(8)46)30(43(12)13)18-24(3)53-39)25(4)33(26(5)38(48)56-31)57-32-20-41(10,50-15)35(47)28(7)54-32/h23-28,30-37,39,45,47,49H,17-22H2,1-16H3/t23-,24-,25+,26-,27-,28+,30+,31-,32?,33+,34-,35+,36-,37+,39+,40-,41-,42-/m1/s1. The van der Waals surface area contributed by atoms with Crippen molar-refractivity contribution >= 4 is 11.9 Å². The third-order valence-corrected chi connectivity index (χ3v) is 13.1. The average molecular weight is 835 g/mol. The maximum absolute atomic E-state index is 14.6. The third-order valence-electron chi connectivity index (χ3n) is 13.1. The lowest BCUT2D eigenvalue weighted by Gasteiger charge is -2.49. The minimum Gasteiger partial charge on any atom is -0.459 e. The van der Waals surface area contributed by atoms with Crippen LogP contribution < -0.4 is 0 Å². The summed E-state index contributed by atoms with van der Waals surface area (Å²) in [5.41, 5.74) is -3.82. The number of aliphatic hydroxyl groups excluding tert-OH is 2. The second-order valence-corrected chi connectivity index (χ2v) is 18.2. The van der Waals surface area contributed by atoms with Gasteiger partial charge in [-0.3, -0.25) is 9.59 Å². The first-order valence-electron chi connectivity index (χ1n) is 21.0. The first kappa shape index (κ1) is 50.8. The van der Waals surface area contributed by atoms with E-state index in [1.165, 1.54) is 21.1 Å². The molecule has 16 heteroatoms. The molecule has 58 heavy (non-hydrogen) atoms. The van der Waals surface area contributed by atoms with Gasteiger partial charge in [-0.25, -0.2) is 0 Å². The van der Waals surface area contributed by atoms with E-state index in [-0.39, 0.29) is 36.9 Å². The topological polar surface area (TPSA) is 184 Å². The molecule has 0 aromatic rings. The van der Waals surface area contributed by atoms with Gasteiger partial charge >= 0.3 is 11.9 Å². The normalized spacial score (nSPS) is 45.6. The highest BCUT2D eigenvalue weighted by Crippen LogP contribution is 2.41. The summed E-state index contributed by atoms with van der Waals surface area (Å²) in [7, 11) is 8.79. The largest absolute Gasteiger partial charge is 0.459 e. The summed E-state index contributed by atoms with van der Waals surface area (Å²) >= 11 is 0. The number of aliphatic hydroxyl groups is 3. The van der Waals surface area contributed by atoms with Gasteiger partial charge in [0.15, 0.2) is 18.7 Å². The predicted octanol–water partition coefficient (Wildman–Crippen LogP) is 3.10. The summed E-state index contributed by atoms with van der Waals surface area (Å²) in [5.74, 6) is -3.00. The van der Waals surface area contributed by atoms with Gasteiger partial charge in [0, 0.05) is 46.1 Å². The van der Waals surface area contributed by atoms with Crippen LogP contribution >= 0.6 is 0 Å². The summed E-state index contributed by atoms with van der Waals surface area (Å²) in [6.45, 7) is 19.6. The highest BCUT2D eigenvalue weighted by molar-refractivity contribution is 5.73. The van der Waals surface area contributed by atoms with E-state index < -0.39 is 103 Å². The number of hydrogen-bond donors (Lipinski definition) is 3. The number of cyclic esters (lactones) is 1. The molecule has 3 heterocycles. The van der Waals surface area contributed by atoms with E-state index in [2.05, 4.69) is 4.90 Å². The highest BCUT2D eigenvalue weighted by Gasteiger charge is 2.54. The number of ether oxygens (including phenoxy) is 9. The lowest BCUT2D eigenvalue weighted by atomic mass is 9.77. The minimum absolute atomic E-state index is 0.130. The Morgan fingerprint density at radius 2 is 1.60 bits per heavy atom. The van der Waals surface area contributed by atoms with E-state index in [0.29, 0.717) is 19.4 Å². The molecule has 0 radical (unpaired) electrons. The van der Waals surface area contributed by atoms with E-state index >= 15 is 0 Å². The van der Waals surface area contributed by atoms with Crippen LogP contribution in [0.2, 0.25) is 0 Å². The van der Waals surface area contributed by atoms with Crippen LogP contribution in [0.4, 0.5) is 0 Å².